The Labute approximate surface area is 192 Å². The molecule has 4 aromatic heterocycles. The van der Waals surface area contributed by atoms with Gasteiger partial charge in [-0.25, -0.2) is 9.97 Å². The first-order chi connectivity index (χ1) is 15.7. The molecular weight excluding hydrogens is 416 g/mol. The molecular formula is C25H28N6O2. The molecule has 33 heavy (non-hydrogen) atoms. The fourth-order valence-electron chi connectivity index (χ4n) is 3.63. The van der Waals surface area contributed by atoms with Gasteiger partial charge in [0.25, 0.3) is 5.56 Å². The van der Waals surface area contributed by atoms with Crippen molar-refractivity contribution in [2.45, 2.75) is 47.1 Å². The predicted molar refractivity (Wildman–Crippen MR) is 127 cm³/mol. The average Bonchev–Trinajstić information content (AvgIpc) is 3.21. The summed E-state index contributed by atoms with van der Waals surface area (Å²) in [6.07, 6.45) is 5.38. The second-order valence-electron chi connectivity index (χ2n) is 8.50. The highest BCUT2D eigenvalue weighted by Crippen LogP contribution is 2.25. The highest BCUT2D eigenvalue weighted by Gasteiger charge is 2.16. The lowest BCUT2D eigenvalue weighted by Crippen LogP contribution is -2.24. The molecule has 0 aromatic carbocycles. The highest BCUT2D eigenvalue weighted by molar-refractivity contribution is 5.59. The van der Waals surface area contributed by atoms with Crippen LogP contribution in [0.25, 0.3) is 17.1 Å². The van der Waals surface area contributed by atoms with E-state index in [1.165, 1.54) is 0 Å². The third-order valence-electron chi connectivity index (χ3n) is 5.50. The van der Waals surface area contributed by atoms with Crippen LogP contribution in [0.2, 0.25) is 0 Å². The molecule has 0 radical (unpaired) electrons. The van der Waals surface area contributed by atoms with Crippen molar-refractivity contribution in [1.29, 1.82) is 0 Å². The molecule has 0 amide bonds. The zero-order chi connectivity index (χ0) is 23.7. The van der Waals surface area contributed by atoms with Gasteiger partial charge in [-0.1, -0.05) is 13.8 Å². The Kier molecular flexibility index (Phi) is 6.09. The number of ether oxygens (including phenoxy) is 1. The van der Waals surface area contributed by atoms with E-state index in [4.69, 9.17) is 4.74 Å². The van der Waals surface area contributed by atoms with Gasteiger partial charge in [0, 0.05) is 43.3 Å². The number of nitrogens with zero attached hydrogens (tertiary/aromatic N) is 6. The van der Waals surface area contributed by atoms with Crippen molar-refractivity contribution in [2.24, 2.45) is 7.05 Å². The Morgan fingerprint density at radius 2 is 1.85 bits per heavy atom. The maximum absolute atomic E-state index is 13.4. The van der Waals surface area contributed by atoms with Crippen LogP contribution in [0.3, 0.4) is 0 Å². The summed E-state index contributed by atoms with van der Waals surface area (Å²) in [5.41, 5.74) is 5.07. The lowest BCUT2D eigenvalue weighted by Gasteiger charge is -2.17. The van der Waals surface area contributed by atoms with E-state index in [1.54, 1.807) is 28.6 Å². The lowest BCUT2D eigenvalue weighted by molar-refractivity contribution is 0.296. The fourth-order valence-corrected chi connectivity index (χ4v) is 3.63. The molecule has 0 unspecified atom stereocenters. The van der Waals surface area contributed by atoms with E-state index in [0.29, 0.717) is 23.6 Å². The van der Waals surface area contributed by atoms with E-state index < -0.39 is 0 Å². The molecule has 0 saturated carbocycles. The van der Waals surface area contributed by atoms with Crippen LogP contribution in [-0.4, -0.2) is 29.3 Å². The van der Waals surface area contributed by atoms with Crippen LogP contribution < -0.4 is 10.3 Å². The van der Waals surface area contributed by atoms with Crippen LogP contribution in [0, 0.1) is 20.8 Å². The van der Waals surface area contributed by atoms with Crippen LogP contribution in [-0.2, 0) is 13.7 Å². The van der Waals surface area contributed by atoms with Gasteiger partial charge in [-0.3, -0.25) is 19.0 Å². The second kappa shape index (κ2) is 8.97. The van der Waals surface area contributed by atoms with Gasteiger partial charge in [0.2, 0.25) is 0 Å². The van der Waals surface area contributed by atoms with Gasteiger partial charge in [-0.15, -0.1) is 0 Å². The number of hydrogen-bond acceptors (Lipinski definition) is 6. The summed E-state index contributed by atoms with van der Waals surface area (Å²) in [4.78, 5) is 26.9. The molecule has 0 atom stereocenters. The first kappa shape index (κ1) is 22.4. The normalized spacial score (nSPS) is 11.2. The summed E-state index contributed by atoms with van der Waals surface area (Å²) >= 11 is 0. The van der Waals surface area contributed by atoms with Crippen LogP contribution in [0.4, 0.5) is 0 Å². The summed E-state index contributed by atoms with van der Waals surface area (Å²) in [5.74, 6) is 1.53. The van der Waals surface area contributed by atoms with Crippen molar-refractivity contribution in [2.75, 3.05) is 0 Å². The molecule has 170 valence electrons. The number of rotatable bonds is 6. The zero-order valence-electron chi connectivity index (χ0n) is 19.8. The first-order valence-electron chi connectivity index (χ1n) is 10.9. The first-order valence-corrected chi connectivity index (χ1v) is 10.9. The van der Waals surface area contributed by atoms with Crippen LogP contribution >= 0.6 is 0 Å². The van der Waals surface area contributed by atoms with Gasteiger partial charge in [-0.05, 0) is 44.5 Å². The minimum absolute atomic E-state index is 0.128. The monoisotopic (exact) mass is 444 g/mol. The van der Waals surface area contributed by atoms with E-state index in [-0.39, 0.29) is 11.5 Å². The van der Waals surface area contributed by atoms with Crippen LogP contribution in [0.1, 0.15) is 48.1 Å². The fraction of sp³-hybridized carbons (Fsp3) is 0.320. The summed E-state index contributed by atoms with van der Waals surface area (Å²) in [7, 11) is 1.86. The molecule has 4 aromatic rings. The largest absolute Gasteiger partial charge is 0.487 e. The quantitative estimate of drug-likeness (QED) is 0.446. The summed E-state index contributed by atoms with van der Waals surface area (Å²) in [5, 5.41) is 4.32. The summed E-state index contributed by atoms with van der Waals surface area (Å²) in [6, 6.07) is 7.52. The molecule has 8 nitrogen and oxygen atoms in total. The average molecular weight is 445 g/mol. The Morgan fingerprint density at radius 1 is 1.06 bits per heavy atom. The molecule has 0 bridgehead atoms. The Morgan fingerprint density at radius 3 is 2.55 bits per heavy atom. The van der Waals surface area contributed by atoms with Gasteiger partial charge >= 0.3 is 0 Å². The Hall–Kier alpha value is -3.81. The minimum atomic E-state index is -0.128. The minimum Gasteiger partial charge on any atom is -0.487 e. The molecule has 0 aliphatic carbocycles. The maximum atomic E-state index is 13.4. The SMILES string of the molecule is Cc1cnc(-c2ccnc(C(C)C)n2)cc1-n1c(C)cc(OCc2ccn(C)n2)c(C)c1=O. The molecule has 4 heterocycles. The zero-order valence-corrected chi connectivity index (χ0v) is 19.8. The van der Waals surface area contributed by atoms with E-state index in [2.05, 4.69) is 33.9 Å². The molecule has 0 fully saturated rings. The Balaban J connectivity index is 1.73. The van der Waals surface area contributed by atoms with Crippen molar-refractivity contribution >= 4 is 0 Å². The van der Waals surface area contributed by atoms with Gasteiger partial charge in [0.1, 0.15) is 18.2 Å². The van der Waals surface area contributed by atoms with E-state index in [1.807, 2.05) is 51.4 Å². The van der Waals surface area contributed by atoms with Gasteiger partial charge < -0.3 is 4.74 Å². The number of aromatic nitrogens is 6. The molecule has 8 heteroatoms. The predicted octanol–water partition coefficient (Wildman–Crippen LogP) is 4.05. The lowest BCUT2D eigenvalue weighted by atomic mass is 10.1. The van der Waals surface area contributed by atoms with E-state index in [0.717, 1.165) is 34.2 Å². The third-order valence-corrected chi connectivity index (χ3v) is 5.50. The number of aryl methyl sites for hydroxylation is 3. The molecule has 0 spiro atoms. The van der Waals surface area contributed by atoms with Crippen molar-refractivity contribution < 1.29 is 4.74 Å². The summed E-state index contributed by atoms with van der Waals surface area (Å²) < 4.78 is 9.35. The summed E-state index contributed by atoms with van der Waals surface area (Å²) in [6.45, 7) is 10.0. The topological polar surface area (TPSA) is 87.7 Å². The van der Waals surface area contributed by atoms with E-state index >= 15 is 0 Å². The van der Waals surface area contributed by atoms with Crippen molar-refractivity contribution in [3.63, 3.8) is 0 Å². The third kappa shape index (κ3) is 4.55. The molecule has 4 rings (SSSR count). The van der Waals surface area contributed by atoms with Gasteiger partial charge in [0.05, 0.1) is 28.3 Å². The maximum Gasteiger partial charge on any atom is 0.261 e. The van der Waals surface area contributed by atoms with Crippen LogP contribution in [0.15, 0.2) is 47.7 Å². The molecule has 0 aliphatic heterocycles. The smallest absolute Gasteiger partial charge is 0.261 e. The number of hydrogen-bond donors (Lipinski definition) is 0. The Bertz CT molecular complexity index is 1370. The van der Waals surface area contributed by atoms with Gasteiger partial charge in [0.15, 0.2) is 0 Å². The second-order valence-corrected chi connectivity index (χ2v) is 8.50. The van der Waals surface area contributed by atoms with Crippen molar-refractivity contribution in [1.82, 2.24) is 29.3 Å². The molecule has 0 saturated heterocycles. The molecule has 0 aliphatic rings. The molecule has 0 N–H and O–H groups in total. The van der Waals surface area contributed by atoms with Crippen LogP contribution in [0.5, 0.6) is 5.75 Å². The number of pyridine rings is 2. The van der Waals surface area contributed by atoms with Crippen molar-refractivity contribution in [3.05, 3.63) is 81.5 Å². The van der Waals surface area contributed by atoms with E-state index in [9.17, 15) is 4.79 Å². The van der Waals surface area contributed by atoms with Gasteiger partial charge in [-0.2, -0.15) is 5.10 Å². The standard InChI is InChI=1S/C25H28N6O2/c1-15(2)24-26-9-7-20(28-24)21-12-22(16(3)13-27-21)31-17(4)11-23(18(5)25(31)32)33-14-19-8-10-30(6)29-19/h7-13,15H,14H2,1-6H3. The highest BCUT2D eigenvalue weighted by atomic mass is 16.5. The van der Waals surface area contributed by atoms with Crippen molar-refractivity contribution in [3.8, 4) is 22.8 Å².